The number of nitrogens with two attached hydrogens (primary N) is 1. The first kappa shape index (κ1) is 11.2. The lowest BCUT2D eigenvalue weighted by Crippen LogP contribution is -2.22. The van der Waals surface area contributed by atoms with Crippen LogP contribution in [0.5, 0.6) is 0 Å². The molecule has 0 saturated heterocycles. The molecule has 0 aliphatic rings. The highest BCUT2D eigenvalue weighted by Gasteiger charge is 2.16. The number of esters is 1. The molecule has 0 heterocycles. The predicted molar refractivity (Wildman–Crippen MR) is 57.8 cm³/mol. The van der Waals surface area contributed by atoms with Crippen molar-refractivity contribution in [2.75, 3.05) is 7.11 Å². The van der Waals surface area contributed by atoms with Gasteiger partial charge in [0.15, 0.2) is 0 Å². The summed E-state index contributed by atoms with van der Waals surface area (Å²) in [4.78, 5) is 11.2. The number of hydrogen-bond donors (Lipinski definition) is 1. The highest BCUT2D eigenvalue weighted by molar-refractivity contribution is 9.10. The summed E-state index contributed by atoms with van der Waals surface area (Å²) in [6, 6.07) is 4.92. The van der Waals surface area contributed by atoms with E-state index in [0.29, 0.717) is 0 Å². The van der Waals surface area contributed by atoms with Gasteiger partial charge in [-0.15, -0.1) is 0 Å². The average Bonchev–Trinajstić information content (AvgIpc) is 2.14. The second-order valence-corrected chi connectivity index (χ2v) is 3.98. The minimum absolute atomic E-state index is 0.428. The number of aryl methyl sites for hydroxylation is 1. The Morgan fingerprint density at radius 2 is 2.14 bits per heavy atom. The van der Waals surface area contributed by atoms with E-state index in [4.69, 9.17) is 5.73 Å². The van der Waals surface area contributed by atoms with Gasteiger partial charge in [0.1, 0.15) is 6.04 Å². The summed E-state index contributed by atoms with van der Waals surface area (Å²) in [6.07, 6.45) is 0. The minimum atomic E-state index is -0.712. The molecule has 2 N–H and O–H groups in total. The molecule has 1 atom stereocenters. The Labute approximate surface area is 91.4 Å². The van der Waals surface area contributed by atoms with E-state index in [0.717, 1.165) is 15.6 Å². The molecule has 0 bridgehead atoms. The van der Waals surface area contributed by atoms with Gasteiger partial charge >= 0.3 is 5.97 Å². The van der Waals surface area contributed by atoms with Gasteiger partial charge in [0, 0.05) is 4.47 Å². The van der Waals surface area contributed by atoms with Crippen molar-refractivity contribution < 1.29 is 9.53 Å². The van der Waals surface area contributed by atoms with Gasteiger partial charge in [-0.2, -0.15) is 0 Å². The molecule has 1 unspecified atom stereocenters. The van der Waals surface area contributed by atoms with Crippen LogP contribution < -0.4 is 5.73 Å². The van der Waals surface area contributed by atoms with Crippen molar-refractivity contribution >= 4 is 21.9 Å². The van der Waals surface area contributed by atoms with Crippen LogP contribution in [0.15, 0.2) is 22.7 Å². The fraction of sp³-hybridized carbons (Fsp3) is 0.300. The summed E-state index contributed by atoms with van der Waals surface area (Å²) in [5.41, 5.74) is 7.49. The van der Waals surface area contributed by atoms with Gasteiger partial charge in [0.2, 0.25) is 0 Å². The number of ether oxygens (including phenoxy) is 1. The van der Waals surface area contributed by atoms with Crippen LogP contribution >= 0.6 is 15.9 Å². The van der Waals surface area contributed by atoms with E-state index in [1.807, 2.05) is 25.1 Å². The Morgan fingerprint density at radius 3 is 2.64 bits per heavy atom. The van der Waals surface area contributed by atoms with Crippen molar-refractivity contribution in [3.63, 3.8) is 0 Å². The lowest BCUT2D eigenvalue weighted by Gasteiger charge is -2.10. The zero-order valence-corrected chi connectivity index (χ0v) is 9.67. The van der Waals surface area contributed by atoms with Crippen molar-refractivity contribution in [3.8, 4) is 0 Å². The first-order chi connectivity index (χ1) is 6.54. The Morgan fingerprint density at radius 1 is 1.50 bits per heavy atom. The number of methoxy groups -OCH3 is 1. The molecule has 76 valence electrons. The zero-order valence-electron chi connectivity index (χ0n) is 8.08. The number of benzene rings is 1. The van der Waals surface area contributed by atoms with E-state index in [1.165, 1.54) is 7.11 Å². The standard InChI is InChI=1S/C10H12BrNO2/c1-6-3-7(5-8(11)4-6)9(12)10(13)14-2/h3-5,9H,12H2,1-2H3. The molecule has 0 aliphatic carbocycles. The SMILES string of the molecule is COC(=O)C(N)c1cc(C)cc(Br)c1. The molecule has 1 rings (SSSR count). The number of carbonyl (C=O) groups excluding carboxylic acids is 1. The van der Waals surface area contributed by atoms with Gasteiger partial charge in [0.25, 0.3) is 0 Å². The van der Waals surface area contributed by atoms with Gasteiger partial charge in [0.05, 0.1) is 7.11 Å². The first-order valence-electron chi connectivity index (χ1n) is 4.15. The van der Waals surface area contributed by atoms with Gasteiger partial charge in [-0.3, -0.25) is 4.79 Å². The fourth-order valence-electron chi connectivity index (χ4n) is 1.21. The summed E-state index contributed by atoms with van der Waals surface area (Å²) in [7, 11) is 1.33. The Hall–Kier alpha value is -0.870. The van der Waals surface area contributed by atoms with E-state index in [2.05, 4.69) is 20.7 Å². The van der Waals surface area contributed by atoms with Crippen LogP contribution in [0.3, 0.4) is 0 Å². The Balaban J connectivity index is 3.00. The third-order valence-corrected chi connectivity index (χ3v) is 2.34. The molecule has 0 aliphatic heterocycles. The van der Waals surface area contributed by atoms with Crippen molar-refractivity contribution in [1.29, 1.82) is 0 Å². The summed E-state index contributed by atoms with van der Waals surface area (Å²) >= 11 is 3.34. The van der Waals surface area contributed by atoms with E-state index >= 15 is 0 Å². The maximum atomic E-state index is 11.2. The second kappa shape index (κ2) is 4.57. The molecule has 1 aromatic rings. The number of halogens is 1. The number of carbonyl (C=O) groups is 1. The van der Waals surface area contributed by atoms with Gasteiger partial charge < -0.3 is 10.5 Å². The van der Waals surface area contributed by atoms with Gasteiger partial charge in [-0.25, -0.2) is 0 Å². The van der Waals surface area contributed by atoms with Crippen LogP contribution in [0.2, 0.25) is 0 Å². The molecule has 0 amide bonds. The molecular formula is C10H12BrNO2. The fourth-order valence-corrected chi connectivity index (χ4v) is 1.83. The summed E-state index contributed by atoms with van der Waals surface area (Å²) < 4.78 is 5.48. The highest BCUT2D eigenvalue weighted by Crippen LogP contribution is 2.20. The third-order valence-electron chi connectivity index (χ3n) is 1.88. The van der Waals surface area contributed by atoms with Crippen molar-refractivity contribution in [1.82, 2.24) is 0 Å². The van der Waals surface area contributed by atoms with Crippen LogP contribution in [-0.4, -0.2) is 13.1 Å². The monoisotopic (exact) mass is 257 g/mol. The predicted octanol–water partition coefficient (Wildman–Crippen LogP) is 1.93. The molecule has 0 fully saturated rings. The van der Waals surface area contributed by atoms with Crippen molar-refractivity contribution in [2.24, 2.45) is 5.73 Å². The van der Waals surface area contributed by atoms with E-state index in [-0.39, 0.29) is 0 Å². The molecular weight excluding hydrogens is 246 g/mol. The van der Waals surface area contributed by atoms with Crippen LogP contribution in [0.1, 0.15) is 17.2 Å². The maximum absolute atomic E-state index is 11.2. The molecule has 0 radical (unpaired) electrons. The quantitative estimate of drug-likeness (QED) is 0.824. The van der Waals surface area contributed by atoms with Crippen molar-refractivity contribution in [2.45, 2.75) is 13.0 Å². The Kier molecular flexibility index (Phi) is 3.66. The average molecular weight is 258 g/mol. The normalized spacial score (nSPS) is 12.3. The highest BCUT2D eigenvalue weighted by atomic mass is 79.9. The molecule has 3 nitrogen and oxygen atoms in total. The molecule has 4 heteroatoms. The van der Waals surface area contributed by atoms with Crippen LogP contribution in [-0.2, 0) is 9.53 Å². The summed E-state index contributed by atoms with van der Waals surface area (Å²) in [6.45, 7) is 1.94. The van der Waals surface area contributed by atoms with Crippen LogP contribution in [0.4, 0.5) is 0 Å². The molecule has 0 saturated carbocycles. The number of hydrogen-bond acceptors (Lipinski definition) is 3. The van der Waals surface area contributed by atoms with Crippen molar-refractivity contribution in [3.05, 3.63) is 33.8 Å². The largest absolute Gasteiger partial charge is 0.468 e. The molecule has 0 spiro atoms. The zero-order chi connectivity index (χ0) is 10.7. The number of rotatable bonds is 2. The van der Waals surface area contributed by atoms with E-state index in [9.17, 15) is 4.79 Å². The van der Waals surface area contributed by atoms with Gasteiger partial charge in [-0.1, -0.05) is 22.0 Å². The van der Waals surface area contributed by atoms with Gasteiger partial charge in [-0.05, 0) is 30.2 Å². The van der Waals surface area contributed by atoms with E-state index in [1.54, 1.807) is 0 Å². The summed E-state index contributed by atoms with van der Waals surface area (Å²) in [5, 5.41) is 0. The summed E-state index contributed by atoms with van der Waals surface area (Å²) in [5.74, 6) is -0.428. The molecule has 1 aromatic carbocycles. The molecule has 0 aromatic heterocycles. The maximum Gasteiger partial charge on any atom is 0.327 e. The minimum Gasteiger partial charge on any atom is -0.468 e. The van der Waals surface area contributed by atoms with Crippen LogP contribution in [0, 0.1) is 6.92 Å². The van der Waals surface area contributed by atoms with E-state index < -0.39 is 12.0 Å². The Bertz CT molecular complexity index is 332. The lowest BCUT2D eigenvalue weighted by molar-refractivity contribution is -0.142. The topological polar surface area (TPSA) is 52.3 Å². The first-order valence-corrected chi connectivity index (χ1v) is 4.94. The molecule has 14 heavy (non-hydrogen) atoms. The van der Waals surface area contributed by atoms with Crippen LogP contribution in [0.25, 0.3) is 0 Å². The smallest absolute Gasteiger partial charge is 0.327 e. The third kappa shape index (κ3) is 2.56. The second-order valence-electron chi connectivity index (χ2n) is 3.06. The lowest BCUT2D eigenvalue weighted by atomic mass is 10.1.